The van der Waals surface area contributed by atoms with Gasteiger partial charge in [-0.2, -0.15) is 9.97 Å². The molecule has 0 bridgehead atoms. The van der Waals surface area contributed by atoms with E-state index in [0.717, 1.165) is 12.8 Å². The summed E-state index contributed by atoms with van der Waals surface area (Å²) in [6, 6.07) is 0.360. The van der Waals surface area contributed by atoms with E-state index in [1.807, 2.05) is 6.92 Å². The van der Waals surface area contributed by atoms with Gasteiger partial charge in [0.05, 0.1) is 12.4 Å². The fourth-order valence-corrected chi connectivity index (χ4v) is 3.90. The van der Waals surface area contributed by atoms with Crippen molar-refractivity contribution in [2.45, 2.75) is 69.6 Å². The average Bonchev–Trinajstić information content (AvgIpc) is 3.29. The zero-order valence-corrected chi connectivity index (χ0v) is 14.7. The summed E-state index contributed by atoms with van der Waals surface area (Å²) < 4.78 is 7.42. The van der Waals surface area contributed by atoms with Gasteiger partial charge in [-0.15, -0.1) is 0 Å². The van der Waals surface area contributed by atoms with Crippen molar-refractivity contribution in [1.29, 1.82) is 0 Å². The number of aliphatic hydroxyl groups is 2. The van der Waals surface area contributed by atoms with Gasteiger partial charge in [-0.1, -0.05) is 19.8 Å². The molecule has 2 aliphatic rings. The molecule has 9 heteroatoms. The van der Waals surface area contributed by atoms with Gasteiger partial charge in [0.15, 0.2) is 23.2 Å². The number of aliphatic hydroxyl groups excluding tert-OH is 2. The molecule has 1 saturated heterocycles. The molecule has 0 radical (unpaired) electrons. The minimum atomic E-state index is -1.05. The zero-order chi connectivity index (χ0) is 17.6. The Morgan fingerprint density at radius 1 is 1.28 bits per heavy atom. The quantitative estimate of drug-likeness (QED) is 0.708. The van der Waals surface area contributed by atoms with Crippen molar-refractivity contribution in [1.82, 2.24) is 19.5 Å². The predicted octanol–water partition coefficient (Wildman–Crippen LogP) is 1.86. The first-order valence-corrected chi connectivity index (χ1v) is 9.14. The molecule has 3 N–H and O–H groups in total. The second-order valence-corrected chi connectivity index (χ2v) is 7.08. The summed E-state index contributed by atoms with van der Waals surface area (Å²) in [6.07, 6.45) is 3.57. The normalized spacial score (nSPS) is 30.4. The summed E-state index contributed by atoms with van der Waals surface area (Å²) in [5, 5.41) is 24.0. The number of halogens is 1. The van der Waals surface area contributed by atoms with Gasteiger partial charge in [0.2, 0.25) is 5.28 Å². The molecule has 0 aromatic carbocycles. The van der Waals surface area contributed by atoms with Crippen LogP contribution in [0.25, 0.3) is 11.2 Å². The number of imidazole rings is 1. The summed E-state index contributed by atoms with van der Waals surface area (Å²) in [4.78, 5) is 13.0. The molecular formula is C16H22ClN5O3. The zero-order valence-electron chi connectivity index (χ0n) is 14.0. The maximum atomic E-state index is 10.3. The van der Waals surface area contributed by atoms with Crippen LogP contribution in [0.3, 0.4) is 0 Å². The lowest BCUT2D eigenvalue weighted by Crippen LogP contribution is -2.31. The SMILES string of the molecule is CCC1OC(n2cnc3c(NC4CCCC4)nc(Cl)nc32)C(O)C1O. The molecule has 1 aliphatic heterocycles. The van der Waals surface area contributed by atoms with Crippen LogP contribution in [-0.2, 0) is 4.74 Å². The Hall–Kier alpha value is -1.48. The minimum absolute atomic E-state index is 0.106. The summed E-state index contributed by atoms with van der Waals surface area (Å²) in [6.45, 7) is 1.90. The molecule has 1 aliphatic carbocycles. The summed E-state index contributed by atoms with van der Waals surface area (Å²) in [5.41, 5.74) is 1.06. The van der Waals surface area contributed by atoms with Gasteiger partial charge in [-0.3, -0.25) is 4.57 Å². The Kier molecular flexibility index (Phi) is 4.53. The molecule has 2 aromatic heterocycles. The van der Waals surface area contributed by atoms with Crippen LogP contribution in [-0.4, -0.2) is 54.1 Å². The standard InChI is InChI=1S/C16H22ClN5O3/c1-2-9-11(23)12(24)15(25-9)22-7-18-10-13(19-8-5-3-4-6-8)20-16(17)21-14(10)22/h7-9,11-12,15,23-24H,2-6H2,1H3,(H,19,20,21). The maximum absolute atomic E-state index is 10.3. The molecule has 2 fully saturated rings. The number of anilines is 1. The summed E-state index contributed by atoms with van der Waals surface area (Å²) in [5.74, 6) is 0.598. The van der Waals surface area contributed by atoms with Gasteiger partial charge in [-0.25, -0.2) is 4.98 Å². The molecule has 0 spiro atoms. The third-order valence-corrected chi connectivity index (χ3v) is 5.27. The molecular weight excluding hydrogens is 346 g/mol. The van der Waals surface area contributed by atoms with Crippen LogP contribution >= 0.6 is 11.6 Å². The van der Waals surface area contributed by atoms with Crippen LogP contribution in [0.5, 0.6) is 0 Å². The Labute approximate surface area is 150 Å². The molecule has 4 unspecified atom stereocenters. The van der Waals surface area contributed by atoms with E-state index in [2.05, 4.69) is 20.3 Å². The monoisotopic (exact) mass is 367 g/mol. The van der Waals surface area contributed by atoms with Crippen molar-refractivity contribution in [2.75, 3.05) is 5.32 Å². The molecule has 3 heterocycles. The van der Waals surface area contributed by atoms with Gasteiger partial charge in [0, 0.05) is 6.04 Å². The first kappa shape index (κ1) is 17.0. The van der Waals surface area contributed by atoms with E-state index in [0.29, 0.717) is 29.4 Å². The van der Waals surface area contributed by atoms with Crippen LogP contribution in [0.15, 0.2) is 6.33 Å². The van der Waals surface area contributed by atoms with E-state index < -0.39 is 24.5 Å². The fraction of sp³-hybridized carbons (Fsp3) is 0.688. The van der Waals surface area contributed by atoms with Crippen LogP contribution in [0.1, 0.15) is 45.3 Å². The Balaban J connectivity index is 1.70. The van der Waals surface area contributed by atoms with Crippen molar-refractivity contribution in [3.8, 4) is 0 Å². The van der Waals surface area contributed by atoms with Crippen molar-refractivity contribution < 1.29 is 14.9 Å². The number of rotatable bonds is 4. The van der Waals surface area contributed by atoms with Crippen molar-refractivity contribution in [3.05, 3.63) is 11.6 Å². The molecule has 2 aromatic rings. The third-order valence-electron chi connectivity index (χ3n) is 5.10. The van der Waals surface area contributed by atoms with E-state index in [-0.39, 0.29) is 5.28 Å². The summed E-state index contributed by atoms with van der Waals surface area (Å²) >= 11 is 6.11. The van der Waals surface area contributed by atoms with Crippen molar-refractivity contribution in [3.63, 3.8) is 0 Å². The van der Waals surface area contributed by atoms with Gasteiger partial charge < -0.3 is 20.3 Å². The van der Waals surface area contributed by atoms with Crippen LogP contribution in [0, 0.1) is 0 Å². The minimum Gasteiger partial charge on any atom is -0.388 e. The molecule has 4 rings (SSSR count). The highest BCUT2D eigenvalue weighted by Crippen LogP contribution is 2.34. The Morgan fingerprint density at radius 2 is 2.04 bits per heavy atom. The highest BCUT2D eigenvalue weighted by molar-refractivity contribution is 6.28. The second-order valence-electron chi connectivity index (χ2n) is 6.75. The largest absolute Gasteiger partial charge is 0.388 e. The lowest BCUT2D eigenvalue weighted by atomic mass is 10.1. The van der Waals surface area contributed by atoms with Gasteiger partial charge >= 0.3 is 0 Å². The van der Waals surface area contributed by atoms with E-state index in [1.165, 1.54) is 12.8 Å². The summed E-state index contributed by atoms with van der Waals surface area (Å²) in [7, 11) is 0. The third kappa shape index (κ3) is 2.97. The number of hydrogen-bond acceptors (Lipinski definition) is 7. The Bertz CT molecular complexity index is 764. The molecule has 0 amide bonds. The van der Waals surface area contributed by atoms with E-state index in [9.17, 15) is 10.2 Å². The van der Waals surface area contributed by atoms with Gasteiger partial charge in [-0.05, 0) is 30.9 Å². The number of ether oxygens (including phenoxy) is 1. The maximum Gasteiger partial charge on any atom is 0.226 e. The molecule has 4 atom stereocenters. The highest BCUT2D eigenvalue weighted by atomic mass is 35.5. The molecule has 25 heavy (non-hydrogen) atoms. The number of nitrogens with one attached hydrogen (secondary N) is 1. The second kappa shape index (κ2) is 6.68. The molecule has 1 saturated carbocycles. The topological polar surface area (TPSA) is 105 Å². The van der Waals surface area contributed by atoms with E-state index in [4.69, 9.17) is 16.3 Å². The number of nitrogens with zero attached hydrogens (tertiary/aromatic N) is 4. The smallest absolute Gasteiger partial charge is 0.226 e. The molecule has 136 valence electrons. The first-order valence-electron chi connectivity index (χ1n) is 8.76. The van der Waals surface area contributed by atoms with E-state index >= 15 is 0 Å². The average molecular weight is 368 g/mol. The lowest BCUT2D eigenvalue weighted by molar-refractivity contribution is -0.0355. The fourth-order valence-electron chi connectivity index (χ4n) is 3.74. The Morgan fingerprint density at radius 3 is 2.72 bits per heavy atom. The highest BCUT2D eigenvalue weighted by Gasteiger charge is 2.43. The lowest BCUT2D eigenvalue weighted by Gasteiger charge is -2.17. The van der Waals surface area contributed by atoms with Crippen molar-refractivity contribution in [2.24, 2.45) is 0 Å². The van der Waals surface area contributed by atoms with Gasteiger partial charge in [0.25, 0.3) is 0 Å². The number of fused-ring (bicyclic) bond motifs is 1. The predicted molar refractivity (Wildman–Crippen MR) is 92.4 cm³/mol. The first-order chi connectivity index (χ1) is 12.1. The van der Waals surface area contributed by atoms with Crippen LogP contribution in [0.2, 0.25) is 5.28 Å². The van der Waals surface area contributed by atoms with E-state index in [1.54, 1.807) is 10.9 Å². The van der Waals surface area contributed by atoms with Crippen LogP contribution in [0.4, 0.5) is 5.82 Å². The van der Waals surface area contributed by atoms with Crippen LogP contribution < -0.4 is 5.32 Å². The number of aromatic nitrogens is 4. The number of hydrogen-bond donors (Lipinski definition) is 3. The molecule has 8 nitrogen and oxygen atoms in total. The van der Waals surface area contributed by atoms with Gasteiger partial charge in [0.1, 0.15) is 12.2 Å². The van der Waals surface area contributed by atoms with Crippen molar-refractivity contribution >= 4 is 28.6 Å².